The van der Waals surface area contributed by atoms with Gasteiger partial charge in [0.15, 0.2) is 17.5 Å². The van der Waals surface area contributed by atoms with E-state index in [1.807, 2.05) is 11.0 Å². The van der Waals surface area contributed by atoms with Gasteiger partial charge in [-0.25, -0.2) is 23.7 Å². The number of fused-ring (bicyclic) bond motifs is 1. The summed E-state index contributed by atoms with van der Waals surface area (Å²) in [5.74, 6) is -2.61. The molecule has 2 N–H and O–H groups in total. The van der Waals surface area contributed by atoms with E-state index in [9.17, 15) is 31.9 Å². The summed E-state index contributed by atoms with van der Waals surface area (Å²) < 4.78 is 67.0. The number of carbonyl (C=O) groups excluding carboxylic acids is 3. The van der Waals surface area contributed by atoms with Crippen LogP contribution in [0.25, 0.3) is 16.9 Å². The van der Waals surface area contributed by atoms with Gasteiger partial charge in [-0.15, -0.1) is 5.10 Å². The predicted octanol–water partition coefficient (Wildman–Crippen LogP) is 2.07. The topological polar surface area (TPSA) is 147 Å². The van der Waals surface area contributed by atoms with E-state index in [1.54, 1.807) is 11.1 Å². The van der Waals surface area contributed by atoms with Gasteiger partial charge in [-0.2, -0.15) is 13.2 Å². The average Bonchev–Trinajstić information content (AvgIpc) is 3.40. The Labute approximate surface area is 265 Å². The lowest BCUT2D eigenvalue weighted by Gasteiger charge is -2.55. The number of nitrogens with one attached hydrogen (secondary N) is 2. The SMILES string of the molecule is C=C(F)C(=O)NCC(=O)N1CCN(Cc2cc3c(N4CC5(COC5)C4)nc(-c4cnc(NC(=O)OC)cc4C(F)(F)F)nn3c2)CC1. The minimum absolute atomic E-state index is 0.00280. The van der Waals surface area contributed by atoms with Gasteiger partial charge in [-0.3, -0.25) is 19.8 Å². The van der Waals surface area contributed by atoms with Crippen molar-refractivity contribution in [3.05, 3.63) is 48.1 Å². The molecule has 0 aromatic carbocycles. The maximum absolute atomic E-state index is 14.3. The van der Waals surface area contributed by atoms with Crippen LogP contribution in [0, 0.1) is 5.41 Å². The smallest absolute Gasteiger partial charge is 0.417 e. The highest BCUT2D eigenvalue weighted by molar-refractivity contribution is 5.93. The number of aromatic nitrogens is 4. The Bertz CT molecular complexity index is 1730. The Kier molecular flexibility index (Phi) is 8.47. The summed E-state index contributed by atoms with van der Waals surface area (Å²) in [5, 5.41) is 8.80. The van der Waals surface area contributed by atoms with E-state index in [1.165, 1.54) is 4.52 Å². The second-order valence-corrected chi connectivity index (χ2v) is 11.8. The minimum Gasteiger partial charge on any atom is -0.453 e. The number of rotatable bonds is 8. The molecule has 3 aliphatic heterocycles. The van der Waals surface area contributed by atoms with Crippen LogP contribution in [0.2, 0.25) is 0 Å². The molecule has 14 nitrogen and oxygen atoms in total. The van der Waals surface area contributed by atoms with Crippen LogP contribution >= 0.6 is 0 Å². The average molecular weight is 662 g/mol. The van der Waals surface area contributed by atoms with Crippen LogP contribution in [0.1, 0.15) is 11.1 Å². The zero-order valence-corrected chi connectivity index (χ0v) is 25.3. The van der Waals surface area contributed by atoms with E-state index < -0.39 is 29.6 Å². The molecule has 47 heavy (non-hydrogen) atoms. The maximum Gasteiger partial charge on any atom is 0.417 e. The lowest BCUT2D eigenvalue weighted by molar-refractivity contribution is -0.137. The van der Waals surface area contributed by atoms with E-state index in [0.717, 1.165) is 18.9 Å². The van der Waals surface area contributed by atoms with Crippen LogP contribution in [-0.2, 0) is 31.8 Å². The summed E-state index contributed by atoms with van der Waals surface area (Å²) in [6.07, 6.45) is -3.07. The number of hydrogen-bond donors (Lipinski definition) is 2. The van der Waals surface area contributed by atoms with E-state index in [-0.39, 0.29) is 35.1 Å². The van der Waals surface area contributed by atoms with E-state index in [2.05, 4.69) is 41.9 Å². The molecule has 3 fully saturated rings. The van der Waals surface area contributed by atoms with Gasteiger partial charge in [0.25, 0.3) is 5.91 Å². The van der Waals surface area contributed by atoms with Crippen LogP contribution in [0.3, 0.4) is 0 Å². The van der Waals surface area contributed by atoms with Crippen molar-refractivity contribution >= 4 is 35.1 Å². The first kappa shape index (κ1) is 32.1. The lowest BCUT2D eigenvalue weighted by Crippen LogP contribution is -2.66. The number of alkyl halides is 3. The molecule has 3 aromatic heterocycles. The second-order valence-electron chi connectivity index (χ2n) is 11.8. The fourth-order valence-corrected chi connectivity index (χ4v) is 5.83. The number of carbonyl (C=O) groups is 3. The molecule has 3 saturated heterocycles. The summed E-state index contributed by atoms with van der Waals surface area (Å²) in [4.78, 5) is 49.7. The largest absolute Gasteiger partial charge is 0.453 e. The number of amides is 3. The predicted molar refractivity (Wildman–Crippen MR) is 158 cm³/mol. The molecule has 6 rings (SSSR count). The number of halogens is 4. The van der Waals surface area contributed by atoms with E-state index in [0.29, 0.717) is 76.4 Å². The normalized spacial score (nSPS) is 17.6. The first-order valence-corrected chi connectivity index (χ1v) is 14.6. The second kappa shape index (κ2) is 12.4. The van der Waals surface area contributed by atoms with Gasteiger partial charge < -0.3 is 24.6 Å². The third-order valence-corrected chi connectivity index (χ3v) is 8.31. The number of anilines is 2. The molecule has 3 aliphatic rings. The Balaban J connectivity index is 1.24. The lowest BCUT2D eigenvalue weighted by atomic mass is 9.78. The number of nitrogens with zero attached hydrogens (tertiary/aromatic N) is 7. The van der Waals surface area contributed by atoms with Crippen molar-refractivity contribution in [2.45, 2.75) is 12.7 Å². The van der Waals surface area contributed by atoms with Crippen molar-refractivity contribution in [3.8, 4) is 11.4 Å². The third kappa shape index (κ3) is 6.69. The number of piperazine rings is 1. The third-order valence-electron chi connectivity index (χ3n) is 8.31. The van der Waals surface area contributed by atoms with Crippen molar-refractivity contribution in [1.29, 1.82) is 0 Å². The zero-order chi connectivity index (χ0) is 33.5. The molecule has 250 valence electrons. The fourth-order valence-electron chi connectivity index (χ4n) is 5.83. The number of pyridine rings is 1. The highest BCUT2D eigenvalue weighted by Crippen LogP contribution is 2.42. The summed E-state index contributed by atoms with van der Waals surface area (Å²) in [7, 11) is 1.08. The van der Waals surface area contributed by atoms with Crippen molar-refractivity contribution in [3.63, 3.8) is 0 Å². The van der Waals surface area contributed by atoms with Gasteiger partial charge in [-0.1, -0.05) is 6.58 Å². The summed E-state index contributed by atoms with van der Waals surface area (Å²) in [6.45, 7) is 7.32. The molecule has 0 unspecified atom stereocenters. The first-order chi connectivity index (χ1) is 22.3. The molecule has 1 spiro atoms. The molecule has 3 aromatic rings. The van der Waals surface area contributed by atoms with E-state index in [4.69, 9.17) is 4.74 Å². The van der Waals surface area contributed by atoms with Gasteiger partial charge in [0.2, 0.25) is 5.91 Å². The quantitative estimate of drug-likeness (QED) is 0.272. The Morgan fingerprint density at radius 1 is 1.13 bits per heavy atom. The molecular formula is C29H31F4N9O5. The van der Waals surface area contributed by atoms with Crippen LogP contribution in [-0.4, -0.2) is 113 Å². The first-order valence-electron chi connectivity index (χ1n) is 14.6. The van der Waals surface area contributed by atoms with Crippen molar-refractivity contribution in [2.75, 3.05) is 76.4 Å². The summed E-state index contributed by atoms with van der Waals surface area (Å²) in [6, 6.07) is 2.60. The molecule has 0 bridgehead atoms. The van der Waals surface area contributed by atoms with Crippen LogP contribution in [0.5, 0.6) is 0 Å². The molecule has 0 aliphatic carbocycles. The van der Waals surface area contributed by atoms with Gasteiger partial charge in [0.05, 0.1) is 43.4 Å². The van der Waals surface area contributed by atoms with Crippen LogP contribution < -0.4 is 15.5 Å². The maximum atomic E-state index is 14.3. The summed E-state index contributed by atoms with van der Waals surface area (Å²) in [5.41, 5.74) is 0.00698. The molecule has 3 amide bonds. The molecule has 0 radical (unpaired) electrons. The van der Waals surface area contributed by atoms with Gasteiger partial charge in [-0.05, 0) is 17.7 Å². The van der Waals surface area contributed by atoms with Gasteiger partial charge in [0.1, 0.15) is 11.3 Å². The summed E-state index contributed by atoms with van der Waals surface area (Å²) >= 11 is 0. The molecule has 0 saturated carbocycles. The van der Waals surface area contributed by atoms with Crippen LogP contribution in [0.4, 0.5) is 34.0 Å². The Morgan fingerprint density at radius 3 is 2.47 bits per heavy atom. The van der Waals surface area contributed by atoms with E-state index >= 15 is 0 Å². The number of methoxy groups -OCH3 is 1. The van der Waals surface area contributed by atoms with Crippen LogP contribution in [0.15, 0.2) is 36.9 Å². The van der Waals surface area contributed by atoms with Crippen molar-refractivity contribution < 1.29 is 41.4 Å². The highest BCUT2D eigenvalue weighted by Gasteiger charge is 2.50. The minimum atomic E-state index is -4.81. The molecule has 18 heteroatoms. The standard InChI is InChI=1S/C29H31F4N9O5/c1-17(30)26(44)35-10-23(43)40-5-3-39(4-6-40)11-18-7-21-25(41-13-28(14-41)15-47-16-28)37-24(38-42(21)12-18)19-9-34-22(36-27(45)46-2)8-20(19)29(31,32)33/h7-9,12H,1,3-6,10-11,13-16H2,2H3,(H,35,44)(H,34,36,45). The number of hydrogen-bond acceptors (Lipinski definition) is 10. The monoisotopic (exact) mass is 661 g/mol. The van der Waals surface area contributed by atoms with Crippen molar-refractivity contribution in [2.24, 2.45) is 5.41 Å². The Morgan fingerprint density at radius 2 is 1.85 bits per heavy atom. The van der Waals surface area contributed by atoms with Crippen molar-refractivity contribution in [1.82, 2.24) is 34.7 Å². The zero-order valence-electron chi connectivity index (χ0n) is 25.3. The van der Waals surface area contributed by atoms with Gasteiger partial charge >= 0.3 is 12.3 Å². The molecule has 0 atom stereocenters. The number of ether oxygens (including phenoxy) is 2. The molecular weight excluding hydrogens is 630 g/mol. The van der Waals surface area contributed by atoms with Gasteiger partial charge in [0, 0.05) is 58.2 Å². The molecule has 6 heterocycles. The highest BCUT2D eigenvalue weighted by atomic mass is 19.4. The fraction of sp³-hybridized carbons (Fsp3) is 0.448. The Hall–Kier alpha value is -4.84.